The van der Waals surface area contributed by atoms with E-state index in [-0.39, 0.29) is 6.61 Å². The lowest BCUT2D eigenvalue weighted by molar-refractivity contribution is 0.258. The van der Waals surface area contributed by atoms with Gasteiger partial charge in [0.25, 0.3) is 5.88 Å². The summed E-state index contributed by atoms with van der Waals surface area (Å²) in [5.74, 6) is 0.978. The second-order valence-electron chi connectivity index (χ2n) is 5.73. The molecule has 0 bridgehead atoms. The number of allylic oxidation sites excluding steroid dienone is 1. The van der Waals surface area contributed by atoms with Gasteiger partial charge in [0.15, 0.2) is 5.75 Å². The van der Waals surface area contributed by atoms with Gasteiger partial charge in [0, 0.05) is 31.6 Å². The molecule has 0 unspecified atom stereocenters. The van der Waals surface area contributed by atoms with Crippen LogP contribution in [-0.2, 0) is 6.42 Å². The molecule has 0 aliphatic heterocycles. The molecule has 2 heterocycles. The van der Waals surface area contributed by atoms with Crippen LogP contribution < -0.4 is 9.47 Å². The first-order valence-electron chi connectivity index (χ1n) is 8.30. The number of aliphatic hydroxyl groups excluding tert-OH is 1. The van der Waals surface area contributed by atoms with Crippen molar-refractivity contribution in [2.45, 2.75) is 25.7 Å². The number of ether oxygens (including phenoxy) is 2. The monoisotopic (exact) mass is 396 g/mol. The molecule has 140 valence electrons. The van der Waals surface area contributed by atoms with Crippen LogP contribution in [0.15, 0.2) is 31.2 Å². The highest BCUT2D eigenvalue weighted by molar-refractivity contribution is 6.35. The molecule has 0 aliphatic carbocycles. The van der Waals surface area contributed by atoms with Crippen molar-refractivity contribution in [2.75, 3.05) is 20.3 Å². The highest BCUT2D eigenvalue weighted by Gasteiger charge is 2.13. The van der Waals surface area contributed by atoms with Crippen molar-refractivity contribution in [3.63, 3.8) is 0 Å². The van der Waals surface area contributed by atoms with Gasteiger partial charge in [-0.3, -0.25) is 4.98 Å². The van der Waals surface area contributed by atoms with Gasteiger partial charge in [0.2, 0.25) is 0 Å². The number of halogens is 2. The van der Waals surface area contributed by atoms with E-state index in [1.54, 1.807) is 25.7 Å². The molecule has 2 rings (SSSR count). The Morgan fingerprint density at radius 1 is 1.15 bits per heavy atom. The minimum absolute atomic E-state index is 0.195. The highest BCUT2D eigenvalue weighted by Crippen LogP contribution is 2.32. The maximum atomic E-state index is 8.82. The maximum absolute atomic E-state index is 8.82. The molecule has 1 N–H and O–H groups in total. The molecule has 0 saturated heterocycles. The molecule has 0 aromatic carbocycles. The summed E-state index contributed by atoms with van der Waals surface area (Å²) in [5, 5.41) is 9.82. The standard InChI is InChI=1S/C19H22Cl2N2O3/c1-13(8-15-16(20)11-22-12-17(15)21)14-9-18(19(25-2)23-10-14)26-7-5-3-4-6-24/h9-12,24H,1,3-8H2,2H3. The van der Waals surface area contributed by atoms with Crippen molar-refractivity contribution in [3.8, 4) is 11.6 Å². The SMILES string of the molecule is C=C(Cc1c(Cl)cncc1Cl)c1cnc(OC)c(OCCCCCO)c1. The summed E-state index contributed by atoms with van der Waals surface area (Å²) in [7, 11) is 1.55. The van der Waals surface area contributed by atoms with Crippen LogP contribution in [0.4, 0.5) is 0 Å². The van der Waals surface area contributed by atoms with E-state index in [0.29, 0.717) is 34.7 Å². The fourth-order valence-corrected chi connectivity index (χ4v) is 2.88. The zero-order valence-electron chi connectivity index (χ0n) is 14.7. The summed E-state index contributed by atoms with van der Waals surface area (Å²) in [6, 6.07) is 1.85. The summed E-state index contributed by atoms with van der Waals surface area (Å²) in [5.41, 5.74) is 2.40. The smallest absolute Gasteiger partial charge is 0.256 e. The first-order valence-corrected chi connectivity index (χ1v) is 9.06. The van der Waals surface area contributed by atoms with Gasteiger partial charge < -0.3 is 14.6 Å². The minimum Gasteiger partial charge on any atom is -0.488 e. The van der Waals surface area contributed by atoms with Gasteiger partial charge in [-0.25, -0.2) is 4.98 Å². The predicted molar refractivity (Wildman–Crippen MR) is 104 cm³/mol. The lowest BCUT2D eigenvalue weighted by atomic mass is 10.0. The quantitative estimate of drug-likeness (QED) is 0.594. The molecule has 26 heavy (non-hydrogen) atoms. The third kappa shape index (κ3) is 5.59. The van der Waals surface area contributed by atoms with Crippen LogP contribution in [-0.4, -0.2) is 35.4 Å². The maximum Gasteiger partial charge on any atom is 0.256 e. The van der Waals surface area contributed by atoms with Crippen LogP contribution in [0.2, 0.25) is 10.0 Å². The summed E-state index contributed by atoms with van der Waals surface area (Å²) >= 11 is 12.4. The summed E-state index contributed by atoms with van der Waals surface area (Å²) < 4.78 is 11.0. The molecule has 0 spiro atoms. The predicted octanol–water partition coefficient (Wildman–Crippen LogP) is 4.59. The van der Waals surface area contributed by atoms with Crippen LogP contribution in [0.1, 0.15) is 30.4 Å². The van der Waals surface area contributed by atoms with Crippen molar-refractivity contribution < 1.29 is 14.6 Å². The molecule has 0 fully saturated rings. The number of nitrogens with zero attached hydrogens (tertiary/aromatic N) is 2. The molecule has 5 nitrogen and oxygen atoms in total. The second-order valence-corrected chi connectivity index (χ2v) is 6.54. The molecule has 0 saturated carbocycles. The lowest BCUT2D eigenvalue weighted by Gasteiger charge is -2.13. The van der Waals surface area contributed by atoms with Crippen molar-refractivity contribution >= 4 is 28.8 Å². The first-order chi connectivity index (χ1) is 12.6. The Morgan fingerprint density at radius 3 is 2.54 bits per heavy atom. The van der Waals surface area contributed by atoms with E-state index in [1.807, 2.05) is 6.07 Å². The molecule has 7 heteroatoms. The van der Waals surface area contributed by atoms with Gasteiger partial charge in [0.05, 0.1) is 23.8 Å². The van der Waals surface area contributed by atoms with E-state index in [9.17, 15) is 0 Å². The molecule has 0 aliphatic rings. The van der Waals surface area contributed by atoms with Crippen LogP contribution in [0.25, 0.3) is 5.57 Å². The second kappa shape index (κ2) is 10.4. The largest absolute Gasteiger partial charge is 0.488 e. The first kappa shape index (κ1) is 20.5. The van der Waals surface area contributed by atoms with E-state index in [0.717, 1.165) is 36.0 Å². The molecule has 0 amide bonds. The third-order valence-electron chi connectivity index (χ3n) is 3.82. The Kier molecular flexibility index (Phi) is 8.16. The van der Waals surface area contributed by atoms with Gasteiger partial charge in [0.1, 0.15) is 0 Å². The normalized spacial score (nSPS) is 10.6. The Hall–Kier alpha value is -1.82. The van der Waals surface area contributed by atoms with Crippen LogP contribution >= 0.6 is 23.2 Å². The Balaban J connectivity index is 2.11. The Labute approximate surface area is 163 Å². The number of rotatable bonds is 10. The number of methoxy groups -OCH3 is 1. The average Bonchev–Trinajstić information content (AvgIpc) is 2.64. The number of aromatic nitrogens is 2. The van der Waals surface area contributed by atoms with Gasteiger partial charge in [-0.2, -0.15) is 0 Å². The average molecular weight is 397 g/mol. The number of aliphatic hydroxyl groups is 1. The summed E-state index contributed by atoms with van der Waals surface area (Å²) in [4.78, 5) is 8.25. The van der Waals surface area contributed by atoms with Crippen molar-refractivity contribution in [1.29, 1.82) is 0 Å². The van der Waals surface area contributed by atoms with Crippen molar-refractivity contribution in [1.82, 2.24) is 9.97 Å². The Bertz CT molecular complexity index is 733. The van der Waals surface area contributed by atoms with Gasteiger partial charge in [-0.1, -0.05) is 29.8 Å². The number of unbranched alkanes of at least 4 members (excludes halogenated alkanes) is 2. The molecule has 0 radical (unpaired) electrons. The van der Waals surface area contributed by atoms with Gasteiger partial charge >= 0.3 is 0 Å². The van der Waals surface area contributed by atoms with Crippen LogP contribution in [0, 0.1) is 0 Å². The van der Waals surface area contributed by atoms with Crippen molar-refractivity contribution in [3.05, 3.63) is 52.4 Å². The number of pyridine rings is 2. The minimum atomic E-state index is 0.195. The molecule has 0 atom stereocenters. The van der Waals surface area contributed by atoms with E-state index in [2.05, 4.69) is 16.5 Å². The van der Waals surface area contributed by atoms with Gasteiger partial charge in [-0.05, 0) is 42.0 Å². The molecular weight excluding hydrogens is 375 g/mol. The number of hydrogen-bond acceptors (Lipinski definition) is 5. The highest BCUT2D eigenvalue weighted by atomic mass is 35.5. The number of hydrogen-bond donors (Lipinski definition) is 1. The zero-order chi connectivity index (χ0) is 18.9. The topological polar surface area (TPSA) is 64.5 Å². The molecule has 2 aromatic rings. The molecule has 2 aromatic heterocycles. The summed E-state index contributed by atoms with van der Waals surface area (Å²) in [6.45, 7) is 4.84. The molecular formula is C19H22Cl2N2O3. The lowest BCUT2D eigenvalue weighted by Crippen LogP contribution is -2.02. The van der Waals surface area contributed by atoms with Crippen molar-refractivity contribution in [2.24, 2.45) is 0 Å². The van der Waals surface area contributed by atoms with E-state index in [4.69, 9.17) is 37.8 Å². The van der Waals surface area contributed by atoms with E-state index < -0.39 is 0 Å². The zero-order valence-corrected chi connectivity index (χ0v) is 16.2. The van der Waals surface area contributed by atoms with E-state index in [1.165, 1.54) is 0 Å². The van der Waals surface area contributed by atoms with E-state index >= 15 is 0 Å². The van der Waals surface area contributed by atoms with Crippen LogP contribution in [0.5, 0.6) is 11.6 Å². The Morgan fingerprint density at radius 2 is 1.88 bits per heavy atom. The van der Waals surface area contributed by atoms with Gasteiger partial charge in [-0.15, -0.1) is 0 Å². The third-order valence-corrected chi connectivity index (χ3v) is 4.47. The van der Waals surface area contributed by atoms with Crippen LogP contribution in [0.3, 0.4) is 0 Å². The fraction of sp³-hybridized carbons (Fsp3) is 0.368. The fourth-order valence-electron chi connectivity index (χ4n) is 2.38. The summed E-state index contributed by atoms with van der Waals surface area (Å²) in [6.07, 6.45) is 7.79.